The monoisotopic (exact) mass is 728 g/mol. The Morgan fingerprint density at radius 3 is 1.65 bits per heavy atom. The van der Waals surface area contributed by atoms with Crippen molar-refractivity contribution >= 4 is 60.8 Å². The van der Waals surface area contributed by atoms with E-state index in [9.17, 15) is 0 Å². The number of furan rings is 1. The molecule has 0 unspecified atom stereocenters. The first-order valence-electron chi connectivity index (χ1n) is 19.4. The Kier molecular flexibility index (Phi) is 7.82. The zero-order valence-electron chi connectivity index (χ0n) is 31.1. The quantitative estimate of drug-likeness (QED) is 0.163. The Morgan fingerprint density at radius 2 is 0.895 bits per heavy atom. The molecule has 11 rings (SSSR count). The summed E-state index contributed by atoms with van der Waals surface area (Å²) < 4.78 is 8.63. The molecule has 2 heterocycles. The van der Waals surface area contributed by atoms with E-state index in [2.05, 4.69) is 216 Å². The first-order valence-corrected chi connectivity index (χ1v) is 19.4. The van der Waals surface area contributed by atoms with Crippen molar-refractivity contribution < 1.29 is 4.42 Å². The van der Waals surface area contributed by atoms with Crippen molar-refractivity contribution in [3.63, 3.8) is 0 Å². The summed E-state index contributed by atoms with van der Waals surface area (Å²) in [5.41, 5.74) is 15.6. The molecular weight excluding hydrogens is 693 g/mol. The predicted octanol–water partition coefficient (Wildman–Crippen LogP) is 15.2. The van der Waals surface area contributed by atoms with Crippen molar-refractivity contribution in [3.8, 4) is 39.1 Å². The Morgan fingerprint density at radius 1 is 0.351 bits per heavy atom. The van der Waals surface area contributed by atoms with Crippen LogP contribution in [0.15, 0.2) is 223 Å². The van der Waals surface area contributed by atoms with Gasteiger partial charge in [-0.1, -0.05) is 146 Å². The number of fused-ring (bicyclic) bond motifs is 6. The Balaban J connectivity index is 1.06. The summed E-state index contributed by atoms with van der Waals surface area (Å²) in [7, 11) is 0. The summed E-state index contributed by atoms with van der Waals surface area (Å²) in [5, 5.41) is 4.78. The fourth-order valence-corrected chi connectivity index (χ4v) is 8.59. The van der Waals surface area contributed by atoms with E-state index in [0.717, 1.165) is 66.9 Å². The molecule has 2 aromatic heterocycles. The Bertz CT molecular complexity index is 3170. The van der Waals surface area contributed by atoms with Gasteiger partial charge in [-0.15, -0.1) is 0 Å². The fourth-order valence-electron chi connectivity index (χ4n) is 8.59. The van der Waals surface area contributed by atoms with E-state index in [1.165, 1.54) is 32.9 Å². The molecule has 0 saturated heterocycles. The van der Waals surface area contributed by atoms with Crippen molar-refractivity contribution in [2.24, 2.45) is 0 Å². The van der Waals surface area contributed by atoms with Crippen LogP contribution in [0, 0.1) is 0 Å². The highest BCUT2D eigenvalue weighted by molar-refractivity contribution is 6.12. The summed E-state index contributed by atoms with van der Waals surface area (Å²) in [4.78, 5) is 2.39. The predicted molar refractivity (Wildman–Crippen MR) is 239 cm³/mol. The van der Waals surface area contributed by atoms with E-state index in [0.29, 0.717) is 0 Å². The lowest BCUT2D eigenvalue weighted by Gasteiger charge is -2.28. The van der Waals surface area contributed by atoms with Gasteiger partial charge in [0.1, 0.15) is 11.2 Å². The molecule has 0 spiro atoms. The van der Waals surface area contributed by atoms with Crippen molar-refractivity contribution in [3.05, 3.63) is 218 Å². The second-order valence-electron chi connectivity index (χ2n) is 14.5. The van der Waals surface area contributed by atoms with Gasteiger partial charge in [-0.2, -0.15) is 0 Å². The van der Waals surface area contributed by atoms with Crippen LogP contribution in [0.1, 0.15) is 0 Å². The van der Waals surface area contributed by atoms with Crippen molar-refractivity contribution in [1.29, 1.82) is 0 Å². The van der Waals surface area contributed by atoms with Gasteiger partial charge in [-0.05, 0) is 101 Å². The topological polar surface area (TPSA) is 21.3 Å². The van der Waals surface area contributed by atoms with Crippen LogP contribution in [0.5, 0.6) is 0 Å². The van der Waals surface area contributed by atoms with Crippen LogP contribution >= 0.6 is 0 Å². The summed E-state index contributed by atoms with van der Waals surface area (Å²) >= 11 is 0. The van der Waals surface area contributed by atoms with Crippen LogP contribution in [0.3, 0.4) is 0 Å². The molecule has 0 atom stereocenters. The number of anilines is 3. The lowest BCUT2D eigenvalue weighted by Crippen LogP contribution is -2.11. The molecule has 268 valence electrons. The van der Waals surface area contributed by atoms with E-state index in [1.54, 1.807) is 0 Å². The lowest BCUT2D eigenvalue weighted by atomic mass is 9.96. The SMILES string of the molecule is c1ccc(-c2cccc(-c3ccccc3N(c3ccc(-c4cccc5oc6ccccc6c45)cc3)c3ccc(-n4c5ccccc5c5ccccc54)cc3)c2)cc1. The zero-order valence-corrected chi connectivity index (χ0v) is 31.1. The molecule has 3 nitrogen and oxygen atoms in total. The molecular formula is C54H36N2O. The minimum absolute atomic E-state index is 0.898. The molecule has 57 heavy (non-hydrogen) atoms. The highest BCUT2D eigenvalue weighted by atomic mass is 16.3. The number of benzene rings is 9. The molecule has 0 aliphatic carbocycles. The molecule has 0 amide bonds. The number of rotatable bonds is 7. The average molecular weight is 729 g/mol. The number of aromatic nitrogens is 1. The maximum absolute atomic E-state index is 6.26. The minimum atomic E-state index is 0.898. The number of hydrogen-bond acceptors (Lipinski definition) is 2. The van der Waals surface area contributed by atoms with Crippen molar-refractivity contribution in [2.75, 3.05) is 4.90 Å². The fraction of sp³-hybridized carbons (Fsp3) is 0. The summed E-state index contributed by atoms with van der Waals surface area (Å²) in [6, 6.07) is 78.1. The summed E-state index contributed by atoms with van der Waals surface area (Å²) in [6.45, 7) is 0. The van der Waals surface area contributed by atoms with Crippen LogP contribution in [-0.4, -0.2) is 4.57 Å². The first kappa shape index (κ1) is 32.8. The van der Waals surface area contributed by atoms with Gasteiger partial charge < -0.3 is 13.9 Å². The maximum atomic E-state index is 6.26. The Hall–Kier alpha value is -7.62. The second kappa shape index (κ2) is 13.6. The van der Waals surface area contributed by atoms with Gasteiger partial charge >= 0.3 is 0 Å². The molecule has 9 aromatic carbocycles. The largest absolute Gasteiger partial charge is 0.456 e. The molecule has 3 heteroatoms. The van der Waals surface area contributed by atoms with Gasteiger partial charge in [0.15, 0.2) is 0 Å². The van der Waals surface area contributed by atoms with Gasteiger partial charge in [0.2, 0.25) is 0 Å². The van der Waals surface area contributed by atoms with Gasteiger partial charge in [-0.25, -0.2) is 0 Å². The number of hydrogen-bond donors (Lipinski definition) is 0. The molecule has 0 saturated carbocycles. The van der Waals surface area contributed by atoms with Crippen LogP contribution in [-0.2, 0) is 0 Å². The molecule has 0 bridgehead atoms. The lowest BCUT2D eigenvalue weighted by molar-refractivity contribution is 0.669. The minimum Gasteiger partial charge on any atom is -0.456 e. The standard InChI is InChI=1S/C54H36N2O/c1-2-14-37(15-3-1)39-16-12-17-40(36-39)44-18-4-8-23-49(44)55(41-30-28-38(29-31-41)45-22-13-27-53-54(45)48-21-7-11-26-52(48)57-53)42-32-34-43(35-33-42)56-50-24-9-5-19-46(50)47-20-6-10-25-51(47)56/h1-36H. The Labute approximate surface area is 330 Å². The second-order valence-corrected chi connectivity index (χ2v) is 14.5. The first-order chi connectivity index (χ1) is 28.3. The molecule has 11 aromatic rings. The third kappa shape index (κ3) is 5.60. The van der Waals surface area contributed by atoms with Crippen molar-refractivity contribution in [2.45, 2.75) is 0 Å². The smallest absolute Gasteiger partial charge is 0.136 e. The summed E-state index contributed by atoms with van der Waals surface area (Å²) in [6.07, 6.45) is 0. The third-order valence-electron chi connectivity index (χ3n) is 11.2. The van der Waals surface area contributed by atoms with E-state index in [1.807, 2.05) is 12.1 Å². The third-order valence-corrected chi connectivity index (χ3v) is 11.2. The van der Waals surface area contributed by atoms with Gasteiger partial charge in [-0.3, -0.25) is 0 Å². The van der Waals surface area contributed by atoms with Gasteiger partial charge in [0.05, 0.1) is 16.7 Å². The van der Waals surface area contributed by atoms with E-state index < -0.39 is 0 Å². The van der Waals surface area contributed by atoms with E-state index in [4.69, 9.17) is 4.42 Å². The maximum Gasteiger partial charge on any atom is 0.136 e. The zero-order chi connectivity index (χ0) is 37.7. The van der Waals surface area contributed by atoms with Crippen molar-refractivity contribution in [1.82, 2.24) is 4.57 Å². The number of nitrogens with zero attached hydrogens (tertiary/aromatic N) is 2. The molecule has 0 N–H and O–H groups in total. The molecule has 0 radical (unpaired) electrons. The van der Waals surface area contributed by atoms with Gasteiger partial charge in [0, 0.05) is 44.2 Å². The van der Waals surface area contributed by atoms with Crippen LogP contribution in [0.25, 0.3) is 82.8 Å². The summed E-state index contributed by atoms with van der Waals surface area (Å²) in [5.74, 6) is 0. The highest BCUT2D eigenvalue weighted by Gasteiger charge is 2.20. The van der Waals surface area contributed by atoms with E-state index >= 15 is 0 Å². The van der Waals surface area contributed by atoms with Crippen LogP contribution in [0.4, 0.5) is 17.1 Å². The number of para-hydroxylation sites is 4. The molecule has 0 fully saturated rings. The van der Waals surface area contributed by atoms with Crippen LogP contribution < -0.4 is 4.90 Å². The van der Waals surface area contributed by atoms with Crippen LogP contribution in [0.2, 0.25) is 0 Å². The molecule has 0 aliphatic rings. The molecule has 0 aliphatic heterocycles. The van der Waals surface area contributed by atoms with E-state index in [-0.39, 0.29) is 0 Å². The normalized spacial score (nSPS) is 11.5. The highest BCUT2D eigenvalue weighted by Crippen LogP contribution is 2.44. The van der Waals surface area contributed by atoms with Gasteiger partial charge in [0.25, 0.3) is 0 Å². The average Bonchev–Trinajstić information content (AvgIpc) is 3.84.